The van der Waals surface area contributed by atoms with Gasteiger partial charge in [0.2, 0.25) is 0 Å². The Balaban J connectivity index is 2.22. The van der Waals surface area contributed by atoms with Crippen LogP contribution >= 0.6 is 11.3 Å². The van der Waals surface area contributed by atoms with Gasteiger partial charge in [-0.2, -0.15) is 0 Å². The predicted octanol–water partition coefficient (Wildman–Crippen LogP) is 2.71. The number of hydrogen-bond acceptors (Lipinski definition) is 5. The minimum atomic E-state index is -1.21. The third-order valence-electron chi connectivity index (χ3n) is 2.67. The molecule has 2 aromatic rings. The molecule has 4 nitrogen and oxygen atoms in total. The number of aromatic nitrogens is 1. The van der Waals surface area contributed by atoms with Crippen molar-refractivity contribution in [1.82, 2.24) is 4.98 Å². The first-order valence-electron chi connectivity index (χ1n) is 5.69. The maximum Gasteiger partial charge on any atom is 0.336 e. The third-order valence-corrected chi connectivity index (χ3v) is 3.58. The average molecular weight is 293 g/mol. The molecule has 0 aliphatic rings. The largest absolute Gasteiger partial charge is 0.466 e. The number of methoxy groups -OCH3 is 1. The first-order chi connectivity index (χ1) is 9.52. The van der Waals surface area contributed by atoms with E-state index in [2.05, 4.69) is 16.3 Å². The standard InChI is InChI=1S/C14H12FNO3S/c1-8(14(18)19-2)12(17)11-7-20-13(16-11)9-3-5-10(15)6-4-9/h3-7,12,17H,1H2,2H3. The van der Waals surface area contributed by atoms with Crippen molar-refractivity contribution in [1.29, 1.82) is 0 Å². The second-order valence-corrected chi connectivity index (χ2v) is 4.86. The van der Waals surface area contributed by atoms with Crippen LogP contribution in [-0.4, -0.2) is 23.2 Å². The lowest BCUT2D eigenvalue weighted by molar-refractivity contribution is -0.137. The summed E-state index contributed by atoms with van der Waals surface area (Å²) < 4.78 is 17.3. The van der Waals surface area contributed by atoms with E-state index in [1.165, 1.54) is 30.6 Å². The zero-order valence-electron chi connectivity index (χ0n) is 10.7. The molecule has 0 aliphatic heterocycles. The maximum atomic E-state index is 12.8. The Kier molecular flexibility index (Phi) is 4.26. The molecule has 1 N–H and O–H groups in total. The molecule has 6 heteroatoms. The molecule has 0 saturated carbocycles. The Labute approximate surface area is 119 Å². The highest BCUT2D eigenvalue weighted by molar-refractivity contribution is 7.13. The second-order valence-electron chi connectivity index (χ2n) is 4.00. The maximum absolute atomic E-state index is 12.8. The average Bonchev–Trinajstić information content (AvgIpc) is 2.95. The van der Waals surface area contributed by atoms with E-state index in [9.17, 15) is 14.3 Å². The highest BCUT2D eigenvalue weighted by atomic mass is 32.1. The van der Waals surface area contributed by atoms with Gasteiger partial charge in [-0.15, -0.1) is 11.3 Å². The molecule has 0 bridgehead atoms. The fourth-order valence-electron chi connectivity index (χ4n) is 1.56. The van der Waals surface area contributed by atoms with Crippen molar-refractivity contribution in [3.8, 4) is 10.6 Å². The van der Waals surface area contributed by atoms with Crippen molar-refractivity contribution in [3.05, 3.63) is 53.3 Å². The molecule has 0 amide bonds. The Bertz CT molecular complexity index is 636. The number of hydrogen-bond donors (Lipinski definition) is 1. The highest BCUT2D eigenvalue weighted by Crippen LogP contribution is 2.28. The van der Waals surface area contributed by atoms with Gasteiger partial charge in [-0.25, -0.2) is 14.2 Å². The topological polar surface area (TPSA) is 59.4 Å². The SMILES string of the molecule is C=C(C(=O)OC)C(O)c1csc(-c2ccc(F)cc2)n1. The van der Waals surface area contributed by atoms with Crippen molar-refractivity contribution < 1.29 is 19.0 Å². The van der Waals surface area contributed by atoms with Crippen molar-refractivity contribution in [2.45, 2.75) is 6.10 Å². The zero-order chi connectivity index (χ0) is 14.7. The van der Waals surface area contributed by atoms with Crippen LogP contribution < -0.4 is 0 Å². The molecular formula is C14H12FNO3S. The predicted molar refractivity (Wildman–Crippen MR) is 73.6 cm³/mol. The zero-order valence-corrected chi connectivity index (χ0v) is 11.5. The fourth-order valence-corrected chi connectivity index (χ4v) is 2.40. The van der Waals surface area contributed by atoms with Gasteiger partial charge in [-0.05, 0) is 24.3 Å². The summed E-state index contributed by atoms with van der Waals surface area (Å²) >= 11 is 1.29. The summed E-state index contributed by atoms with van der Waals surface area (Å²) in [6, 6.07) is 5.86. The number of rotatable bonds is 4. The number of halogens is 1. The lowest BCUT2D eigenvalue weighted by Crippen LogP contribution is -2.12. The Morgan fingerprint density at radius 1 is 1.45 bits per heavy atom. The lowest BCUT2D eigenvalue weighted by atomic mass is 10.1. The van der Waals surface area contributed by atoms with Crippen LogP contribution in [0.4, 0.5) is 4.39 Å². The molecule has 0 radical (unpaired) electrons. The van der Waals surface area contributed by atoms with E-state index in [1.807, 2.05) is 0 Å². The van der Waals surface area contributed by atoms with Crippen LogP contribution in [0.1, 0.15) is 11.8 Å². The van der Waals surface area contributed by atoms with Crippen LogP contribution in [0, 0.1) is 5.82 Å². The van der Waals surface area contributed by atoms with Crippen molar-refractivity contribution in [3.63, 3.8) is 0 Å². The Morgan fingerprint density at radius 2 is 2.10 bits per heavy atom. The summed E-state index contributed by atoms with van der Waals surface area (Å²) in [5.41, 5.74) is 0.965. The van der Waals surface area contributed by atoms with E-state index in [0.717, 1.165) is 5.56 Å². The minimum absolute atomic E-state index is 0.0801. The van der Waals surface area contributed by atoms with Gasteiger partial charge in [0, 0.05) is 10.9 Å². The van der Waals surface area contributed by atoms with E-state index in [4.69, 9.17) is 0 Å². The monoisotopic (exact) mass is 293 g/mol. The number of carbonyl (C=O) groups is 1. The Hall–Kier alpha value is -2.05. The van der Waals surface area contributed by atoms with Crippen LogP contribution in [0.3, 0.4) is 0 Å². The van der Waals surface area contributed by atoms with Crippen LogP contribution in [0.25, 0.3) is 10.6 Å². The van der Waals surface area contributed by atoms with Gasteiger partial charge in [0.1, 0.15) is 16.9 Å². The molecule has 0 spiro atoms. The van der Waals surface area contributed by atoms with E-state index >= 15 is 0 Å². The number of esters is 1. The molecule has 0 aliphatic carbocycles. The highest BCUT2D eigenvalue weighted by Gasteiger charge is 2.21. The summed E-state index contributed by atoms with van der Waals surface area (Å²) in [5, 5.41) is 12.2. The fraction of sp³-hybridized carbons (Fsp3) is 0.143. The molecule has 1 atom stereocenters. The molecule has 1 aromatic carbocycles. The van der Waals surface area contributed by atoms with E-state index < -0.39 is 12.1 Å². The van der Waals surface area contributed by atoms with Crippen LogP contribution in [0.2, 0.25) is 0 Å². The van der Waals surface area contributed by atoms with Crippen LogP contribution in [0.5, 0.6) is 0 Å². The van der Waals surface area contributed by atoms with Crippen molar-refractivity contribution in [2.75, 3.05) is 7.11 Å². The minimum Gasteiger partial charge on any atom is -0.466 e. The number of thiazole rings is 1. The van der Waals surface area contributed by atoms with E-state index in [1.54, 1.807) is 17.5 Å². The van der Waals surface area contributed by atoms with Gasteiger partial charge >= 0.3 is 5.97 Å². The first-order valence-corrected chi connectivity index (χ1v) is 6.57. The van der Waals surface area contributed by atoms with E-state index in [-0.39, 0.29) is 11.4 Å². The van der Waals surface area contributed by atoms with Gasteiger partial charge < -0.3 is 9.84 Å². The molecule has 1 aromatic heterocycles. The molecule has 0 saturated heterocycles. The van der Waals surface area contributed by atoms with Gasteiger partial charge in [-0.3, -0.25) is 0 Å². The number of ether oxygens (including phenoxy) is 1. The molecule has 1 heterocycles. The summed E-state index contributed by atoms with van der Waals surface area (Å²) in [6.07, 6.45) is -1.21. The quantitative estimate of drug-likeness (QED) is 0.695. The van der Waals surface area contributed by atoms with Crippen molar-refractivity contribution >= 4 is 17.3 Å². The van der Waals surface area contributed by atoms with Crippen LogP contribution in [-0.2, 0) is 9.53 Å². The molecule has 20 heavy (non-hydrogen) atoms. The van der Waals surface area contributed by atoms with Gasteiger partial charge in [0.05, 0.1) is 18.4 Å². The molecule has 104 valence electrons. The van der Waals surface area contributed by atoms with Crippen LogP contribution in [0.15, 0.2) is 41.8 Å². The number of carbonyl (C=O) groups excluding carboxylic acids is 1. The second kappa shape index (κ2) is 5.94. The van der Waals surface area contributed by atoms with Gasteiger partial charge in [-0.1, -0.05) is 6.58 Å². The number of benzene rings is 1. The molecule has 1 unspecified atom stereocenters. The summed E-state index contributed by atoms with van der Waals surface area (Å²) in [5.74, 6) is -1.02. The molecular weight excluding hydrogens is 281 g/mol. The van der Waals surface area contributed by atoms with Gasteiger partial charge in [0.15, 0.2) is 0 Å². The number of aliphatic hydroxyl groups is 1. The summed E-state index contributed by atoms with van der Waals surface area (Å²) in [4.78, 5) is 15.5. The smallest absolute Gasteiger partial charge is 0.336 e. The van der Waals surface area contributed by atoms with E-state index in [0.29, 0.717) is 10.7 Å². The normalized spacial score (nSPS) is 11.9. The lowest BCUT2D eigenvalue weighted by Gasteiger charge is -2.08. The summed E-state index contributed by atoms with van der Waals surface area (Å²) in [7, 11) is 1.21. The number of aliphatic hydroxyl groups excluding tert-OH is 1. The summed E-state index contributed by atoms with van der Waals surface area (Å²) in [6.45, 7) is 3.49. The molecule has 0 fully saturated rings. The van der Waals surface area contributed by atoms with Gasteiger partial charge in [0.25, 0.3) is 0 Å². The van der Waals surface area contributed by atoms with Crippen molar-refractivity contribution in [2.24, 2.45) is 0 Å². The first kappa shape index (κ1) is 14.4. The number of nitrogens with zero attached hydrogens (tertiary/aromatic N) is 1. The molecule has 2 rings (SSSR count). The Morgan fingerprint density at radius 3 is 2.70 bits per heavy atom. The third kappa shape index (κ3) is 2.92.